The Labute approximate surface area is 202 Å². The molecule has 1 aliphatic heterocycles. The van der Waals surface area contributed by atoms with Crippen LogP contribution in [0.4, 0.5) is 0 Å². The Bertz CT molecular complexity index is 1220. The molecule has 1 aromatic carbocycles. The third-order valence-corrected chi connectivity index (χ3v) is 8.21. The van der Waals surface area contributed by atoms with Crippen LogP contribution in [0.2, 0.25) is 0 Å². The van der Waals surface area contributed by atoms with Crippen LogP contribution in [0.25, 0.3) is 5.76 Å². The van der Waals surface area contributed by atoms with Gasteiger partial charge in [-0.05, 0) is 62.2 Å². The first-order valence-corrected chi connectivity index (χ1v) is 12.2. The summed E-state index contributed by atoms with van der Waals surface area (Å²) >= 11 is 0. The van der Waals surface area contributed by atoms with Gasteiger partial charge in [-0.25, -0.2) is 0 Å². The summed E-state index contributed by atoms with van der Waals surface area (Å²) in [6, 6.07) is 1.96. The number of carbonyl (C=O) groups excluding carboxylic acids is 3. The monoisotopic (exact) mass is 482 g/mol. The fourth-order valence-corrected chi connectivity index (χ4v) is 6.45. The molecule has 5 rings (SSSR count). The van der Waals surface area contributed by atoms with Crippen molar-refractivity contribution >= 4 is 23.2 Å². The Morgan fingerprint density at radius 3 is 2.46 bits per heavy atom. The number of primary amides is 1. The lowest BCUT2D eigenvalue weighted by atomic mass is 9.59. The number of aliphatic hydroxyl groups excluding tert-OH is 2. The van der Waals surface area contributed by atoms with E-state index in [0.29, 0.717) is 24.9 Å². The molecule has 1 amide bonds. The summed E-state index contributed by atoms with van der Waals surface area (Å²) in [4.78, 5) is 40.1. The van der Waals surface area contributed by atoms with Crippen molar-refractivity contribution in [2.45, 2.75) is 57.6 Å². The van der Waals surface area contributed by atoms with Gasteiger partial charge in [-0.15, -0.1) is 0 Å². The van der Waals surface area contributed by atoms with Gasteiger partial charge in [0.25, 0.3) is 5.91 Å². The highest BCUT2D eigenvalue weighted by atomic mass is 16.3. The topological polar surface area (TPSA) is 161 Å². The molecule has 1 aromatic rings. The number of nitrogens with two attached hydrogens (primary N) is 1. The molecule has 3 atom stereocenters. The zero-order valence-corrected chi connectivity index (χ0v) is 19.6. The fourth-order valence-electron chi connectivity index (χ4n) is 6.45. The molecule has 0 unspecified atom stereocenters. The number of likely N-dealkylation sites (tertiary alicyclic amines) is 1. The van der Waals surface area contributed by atoms with E-state index < -0.39 is 52.0 Å². The molecule has 0 radical (unpaired) electrons. The maximum Gasteiger partial charge on any atom is 0.255 e. The van der Waals surface area contributed by atoms with Gasteiger partial charge in [-0.2, -0.15) is 0 Å². The van der Waals surface area contributed by atoms with Crippen molar-refractivity contribution in [1.82, 2.24) is 4.90 Å². The summed E-state index contributed by atoms with van der Waals surface area (Å²) in [5.74, 6) is -5.94. The molecule has 6 N–H and O–H groups in total. The number of Topliss-reactive ketones (excluding diaryl/α,β-unsaturated/α-hetero) is 2. The smallest absolute Gasteiger partial charge is 0.255 e. The zero-order valence-electron chi connectivity index (χ0n) is 19.6. The number of amides is 1. The van der Waals surface area contributed by atoms with Crippen LogP contribution < -0.4 is 5.73 Å². The number of aliphatic hydroxyl groups is 3. The number of aryl methyl sites for hydroxylation is 1. The maximum absolute atomic E-state index is 13.6. The van der Waals surface area contributed by atoms with Crippen molar-refractivity contribution < 1.29 is 34.8 Å². The summed E-state index contributed by atoms with van der Waals surface area (Å²) in [7, 11) is 0. The van der Waals surface area contributed by atoms with E-state index in [0.717, 1.165) is 37.1 Å². The summed E-state index contributed by atoms with van der Waals surface area (Å²) in [5, 5.41) is 44.6. The Morgan fingerprint density at radius 2 is 1.83 bits per heavy atom. The minimum Gasteiger partial charge on any atom is -0.508 e. The molecule has 0 aromatic heterocycles. The van der Waals surface area contributed by atoms with Crippen LogP contribution in [-0.2, 0) is 33.8 Å². The molecule has 3 aliphatic carbocycles. The Kier molecular flexibility index (Phi) is 5.52. The molecular weight excluding hydrogens is 452 g/mol. The first kappa shape index (κ1) is 23.6. The molecule has 0 spiro atoms. The van der Waals surface area contributed by atoms with E-state index in [1.807, 2.05) is 13.0 Å². The number of phenols is 1. The molecule has 9 heteroatoms. The highest BCUT2D eigenvalue weighted by Gasteiger charge is 2.60. The van der Waals surface area contributed by atoms with Crippen LogP contribution >= 0.6 is 0 Å². The Balaban J connectivity index is 1.66. The standard InChI is InChI=1S/C26H30N2O7/c1-2-12-7-14(11-28-5-3-4-6-28)21(30)19-16(12)9-13-8-15-10-17(29)20(25(27)34)24(33)26(15,35)23(32)18(13)22(19)31/h7,13,15,30-31,33,35H,2-6,8-11H2,1H3,(H2,27,34)/t13-,15+,26+/m1/s1. The average molecular weight is 483 g/mol. The van der Waals surface area contributed by atoms with Crippen molar-refractivity contribution in [2.75, 3.05) is 13.1 Å². The highest BCUT2D eigenvalue weighted by molar-refractivity contribution is 6.22. The third-order valence-electron chi connectivity index (χ3n) is 8.21. The minimum atomic E-state index is -2.54. The number of hydrogen-bond donors (Lipinski definition) is 5. The van der Waals surface area contributed by atoms with E-state index in [2.05, 4.69) is 4.90 Å². The van der Waals surface area contributed by atoms with E-state index in [1.165, 1.54) is 0 Å². The molecule has 4 aliphatic rings. The molecule has 1 saturated heterocycles. The van der Waals surface area contributed by atoms with Gasteiger partial charge in [-0.3, -0.25) is 19.3 Å². The van der Waals surface area contributed by atoms with Crippen LogP contribution in [0, 0.1) is 11.8 Å². The highest BCUT2D eigenvalue weighted by Crippen LogP contribution is 2.52. The van der Waals surface area contributed by atoms with E-state index in [-0.39, 0.29) is 29.7 Å². The first-order chi connectivity index (χ1) is 16.6. The van der Waals surface area contributed by atoms with Gasteiger partial charge in [0, 0.05) is 30.0 Å². The second-order valence-electron chi connectivity index (χ2n) is 10.1. The molecule has 1 heterocycles. The predicted octanol–water partition coefficient (Wildman–Crippen LogP) is 1.58. The van der Waals surface area contributed by atoms with Gasteiger partial charge < -0.3 is 26.2 Å². The number of ketones is 2. The average Bonchev–Trinajstić information content (AvgIpc) is 3.31. The van der Waals surface area contributed by atoms with E-state index in [1.54, 1.807) is 0 Å². The van der Waals surface area contributed by atoms with Crippen LogP contribution in [0.1, 0.15) is 54.9 Å². The lowest BCUT2D eigenvalue weighted by Gasteiger charge is -2.46. The first-order valence-electron chi connectivity index (χ1n) is 12.2. The summed E-state index contributed by atoms with van der Waals surface area (Å²) in [6.45, 7) is 4.35. The molecule has 9 nitrogen and oxygen atoms in total. The van der Waals surface area contributed by atoms with E-state index in [4.69, 9.17) is 5.73 Å². The van der Waals surface area contributed by atoms with Crippen LogP contribution in [-0.4, -0.2) is 61.5 Å². The summed E-state index contributed by atoms with van der Waals surface area (Å²) in [5.41, 5.74) is 4.38. The minimum absolute atomic E-state index is 0.0918. The van der Waals surface area contributed by atoms with Gasteiger partial charge >= 0.3 is 0 Å². The SMILES string of the molecule is CCc1cc(CN2CCCC2)c(O)c2c1C[C@H]1C[C@H]3CC(=O)C(C(N)=O)=C(O)[C@@]3(O)C(=O)C1=C2O. The Morgan fingerprint density at radius 1 is 1.14 bits per heavy atom. The second kappa shape index (κ2) is 8.20. The molecule has 0 bridgehead atoms. The lowest BCUT2D eigenvalue weighted by Crippen LogP contribution is -2.58. The van der Waals surface area contributed by atoms with Gasteiger partial charge in [0.2, 0.25) is 5.78 Å². The number of hydrogen-bond acceptors (Lipinski definition) is 8. The third kappa shape index (κ3) is 3.32. The van der Waals surface area contributed by atoms with E-state index in [9.17, 15) is 34.8 Å². The lowest BCUT2D eigenvalue weighted by molar-refractivity contribution is -0.147. The summed E-state index contributed by atoms with van der Waals surface area (Å²) in [6.07, 6.45) is 3.01. The van der Waals surface area contributed by atoms with Gasteiger partial charge in [0.1, 0.15) is 22.8 Å². The number of carbonyl (C=O) groups is 3. The van der Waals surface area contributed by atoms with Gasteiger partial charge in [-0.1, -0.05) is 13.0 Å². The van der Waals surface area contributed by atoms with Gasteiger partial charge in [0.15, 0.2) is 11.4 Å². The molecule has 35 heavy (non-hydrogen) atoms. The molecular formula is C26H30N2O7. The number of benzene rings is 1. The maximum atomic E-state index is 13.6. The van der Waals surface area contributed by atoms with Crippen molar-refractivity contribution in [2.24, 2.45) is 17.6 Å². The molecule has 2 fully saturated rings. The predicted molar refractivity (Wildman–Crippen MR) is 125 cm³/mol. The Hall–Kier alpha value is -3.17. The largest absolute Gasteiger partial charge is 0.508 e. The van der Waals surface area contributed by atoms with Crippen LogP contribution in [0.5, 0.6) is 5.75 Å². The quantitative estimate of drug-likeness (QED) is 0.404. The van der Waals surface area contributed by atoms with E-state index >= 15 is 0 Å². The van der Waals surface area contributed by atoms with Crippen molar-refractivity contribution in [1.29, 1.82) is 0 Å². The number of nitrogens with zero attached hydrogens (tertiary/aromatic N) is 1. The molecule has 186 valence electrons. The number of fused-ring (bicyclic) bond motifs is 3. The van der Waals surface area contributed by atoms with Gasteiger partial charge in [0.05, 0.1) is 5.56 Å². The summed E-state index contributed by atoms with van der Waals surface area (Å²) < 4.78 is 0. The van der Waals surface area contributed by atoms with Crippen molar-refractivity contribution in [3.63, 3.8) is 0 Å². The number of phenolic OH excluding ortho intramolecular Hbond substituents is 1. The fraction of sp³-hybridized carbons (Fsp3) is 0.500. The number of aromatic hydroxyl groups is 1. The number of rotatable bonds is 4. The van der Waals surface area contributed by atoms with Crippen LogP contribution in [0.3, 0.4) is 0 Å². The van der Waals surface area contributed by atoms with Crippen molar-refractivity contribution in [3.05, 3.63) is 45.2 Å². The second-order valence-corrected chi connectivity index (χ2v) is 10.1. The van der Waals surface area contributed by atoms with Crippen LogP contribution in [0.15, 0.2) is 23.0 Å². The van der Waals surface area contributed by atoms with Crippen molar-refractivity contribution in [3.8, 4) is 5.75 Å². The zero-order chi connectivity index (χ0) is 25.2. The normalized spacial score (nSPS) is 28.7. The molecule has 1 saturated carbocycles.